The van der Waals surface area contributed by atoms with Crippen LogP contribution >= 0.6 is 0 Å². The van der Waals surface area contributed by atoms with E-state index in [-0.39, 0.29) is 0 Å². The minimum absolute atomic E-state index is 0.560. The second kappa shape index (κ2) is 7.25. The Labute approximate surface area is 98.9 Å². The summed E-state index contributed by atoms with van der Waals surface area (Å²) in [6.07, 6.45) is 8.13. The summed E-state index contributed by atoms with van der Waals surface area (Å²) in [6.45, 7) is 5.24. The lowest BCUT2D eigenvalue weighted by Crippen LogP contribution is -2.20. The van der Waals surface area contributed by atoms with E-state index in [2.05, 4.69) is 5.32 Å². The Morgan fingerprint density at radius 2 is 2.06 bits per heavy atom. The van der Waals surface area contributed by atoms with Gasteiger partial charge in [0.05, 0.1) is 6.10 Å². The number of hydrogen-bond donors (Lipinski definition) is 1. The van der Waals surface area contributed by atoms with Gasteiger partial charge in [0.1, 0.15) is 0 Å². The summed E-state index contributed by atoms with van der Waals surface area (Å²) in [5.74, 6) is 0.811. The van der Waals surface area contributed by atoms with Crippen molar-refractivity contribution >= 4 is 0 Å². The quantitative estimate of drug-likeness (QED) is 0.674. The fourth-order valence-electron chi connectivity index (χ4n) is 2.57. The van der Waals surface area contributed by atoms with Crippen LogP contribution in [0.2, 0.25) is 0 Å². The van der Waals surface area contributed by atoms with Crippen LogP contribution in [-0.2, 0) is 9.47 Å². The van der Waals surface area contributed by atoms with Crippen LogP contribution < -0.4 is 5.32 Å². The Kier molecular flexibility index (Phi) is 5.59. The van der Waals surface area contributed by atoms with E-state index >= 15 is 0 Å². The standard InChI is InChI=1S/C13H25NO2/c1(3-13-4-2-9-16-13)7-14-8-5-12-6-10-15-11-12/h12-14H,1-11H2. The zero-order valence-electron chi connectivity index (χ0n) is 10.2. The first-order chi connectivity index (χ1) is 7.95. The molecule has 2 rings (SSSR count). The third-order valence-corrected chi connectivity index (χ3v) is 3.66. The molecule has 2 heterocycles. The highest BCUT2D eigenvalue weighted by atomic mass is 16.5. The van der Waals surface area contributed by atoms with Gasteiger partial charge in [-0.1, -0.05) is 0 Å². The molecule has 2 unspecified atom stereocenters. The highest BCUT2D eigenvalue weighted by molar-refractivity contribution is 4.67. The lowest BCUT2D eigenvalue weighted by atomic mass is 10.1. The molecule has 94 valence electrons. The summed E-state index contributed by atoms with van der Waals surface area (Å²) < 4.78 is 11.0. The van der Waals surface area contributed by atoms with Crippen LogP contribution in [0.5, 0.6) is 0 Å². The van der Waals surface area contributed by atoms with Crippen molar-refractivity contribution in [2.24, 2.45) is 5.92 Å². The third-order valence-electron chi connectivity index (χ3n) is 3.66. The maximum Gasteiger partial charge on any atom is 0.0576 e. The molecule has 1 N–H and O–H groups in total. The van der Waals surface area contributed by atoms with Crippen molar-refractivity contribution in [1.82, 2.24) is 5.32 Å². The van der Waals surface area contributed by atoms with Gasteiger partial charge >= 0.3 is 0 Å². The molecule has 3 nitrogen and oxygen atoms in total. The van der Waals surface area contributed by atoms with Crippen molar-refractivity contribution in [3.63, 3.8) is 0 Å². The van der Waals surface area contributed by atoms with Crippen LogP contribution in [0.3, 0.4) is 0 Å². The van der Waals surface area contributed by atoms with E-state index in [4.69, 9.17) is 9.47 Å². The molecule has 0 bridgehead atoms. The molecule has 0 amide bonds. The van der Waals surface area contributed by atoms with Crippen LogP contribution in [-0.4, -0.2) is 39.0 Å². The molecule has 3 heteroatoms. The van der Waals surface area contributed by atoms with Gasteiger partial charge in [-0.2, -0.15) is 0 Å². The molecule has 0 aromatic heterocycles. The smallest absolute Gasteiger partial charge is 0.0576 e. The SMILES string of the molecule is C(CNCCC1CCOC1)CC1CCCO1. The van der Waals surface area contributed by atoms with Gasteiger partial charge < -0.3 is 14.8 Å². The Morgan fingerprint density at radius 3 is 2.81 bits per heavy atom. The van der Waals surface area contributed by atoms with Crippen LogP contribution in [0.15, 0.2) is 0 Å². The largest absolute Gasteiger partial charge is 0.381 e. The Bertz CT molecular complexity index is 155. The number of nitrogens with one attached hydrogen (secondary N) is 1. The Balaban J connectivity index is 1.37. The van der Waals surface area contributed by atoms with Crippen molar-refractivity contribution in [1.29, 1.82) is 0 Å². The van der Waals surface area contributed by atoms with Crippen LogP contribution in [0.1, 0.15) is 38.5 Å². The van der Waals surface area contributed by atoms with E-state index in [0.717, 1.165) is 38.8 Å². The summed E-state index contributed by atoms with van der Waals surface area (Å²) in [7, 11) is 0. The highest BCUT2D eigenvalue weighted by Gasteiger charge is 2.15. The fraction of sp³-hybridized carbons (Fsp3) is 1.00. The molecule has 0 saturated carbocycles. The molecule has 0 aromatic carbocycles. The third kappa shape index (κ3) is 4.40. The molecule has 0 spiro atoms. The predicted octanol–water partition coefficient (Wildman–Crippen LogP) is 1.96. The van der Waals surface area contributed by atoms with Crippen molar-refractivity contribution in [2.45, 2.75) is 44.6 Å². The van der Waals surface area contributed by atoms with Gasteiger partial charge in [-0.05, 0) is 57.5 Å². The zero-order valence-corrected chi connectivity index (χ0v) is 10.2. The van der Waals surface area contributed by atoms with Gasteiger partial charge in [0.25, 0.3) is 0 Å². The molecule has 0 aliphatic carbocycles. The molecular weight excluding hydrogens is 202 g/mol. The van der Waals surface area contributed by atoms with Gasteiger partial charge in [-0.25, -0.2) is 0 Å². The summed E-state index contributed by atoms with van der Waals surface area (Å²) in [6, 6.07) is 0. The zero-order chi connectivity index (χ0) is 11.1. The fourth-order valence-corrected chi connectivity index (χ4v) is 2.57. The topological polar surface area (TPSA) is 30.5 Å². The second-order valence-electron chi connectivity index (χ2n) is 5.05. The van der Waals surface area contributed by atoms with E-state index in [1.165, 1.54) is 38.5 Å². The lowest BCUT2D eigenvalue weighted by molar-refractivity contribution is 0.102. The van der Waals surface area contributed by atoms with Crippen LogP contribution in [0.25, 0.3) is 0 Å². The average Bonchev–Trinajstić information content (AvgIpc) is 2.96. The first-order valence-corrected chi connectivity index (χ1v) is 6.85. The molecule has 2 fully saturated rings. The minimum atomic E-state index is 0.560. The normalized spacial score (nSPS) is 30.0. The minimum Gasteiger partial charge on any atom is -0.381 e. The van der Waals surface area contributed by atoms with E-state index in [1.54, 1.807) is 0 Å². The Hall–Kier alpha value is -0.120. The van der Waals surface area contributed by atoms with E-state index < -0.39 is 0 Å². The molecule has 16 heavy (non-hydrogen) atoms. The monoisotopic (exact) mass is 227 g/mol. The van der Waals surface area contributed by atoms with Crippen molar-refractivity contribution in [3.05, 3.63) is 0 Å². The van der Waals surface area contributed by atoms with Crippen molar-refractivity contribution in [3.8, 4) is 0 Å². The molecule has 2 atom stereocenters. The van der Waals surface area contributed by atoms with Crippen molar-refractivity contribution in [2.75, 3.05) is 32.9 Å². The molecule has 2 saturated heterocycles. The summed E-state index contributed by atoms with van der Waals surface area (Å²) in [5, 5.41) is 3.53. The predicted molar refractivity (Wildman–Crippen MR) is 64.6 cm³/mol. The van der Waals surface area contributed by atoms with E-state index in [9.17, 15) is 0 Å². The summed E-state index contributed by atoms with van der Waals surface area (Å²) >= 11 is 0. The second-order valence-corrected chi connectivity index (χ2v) is 5.05. The van der Waals surface area contributed by atoms with Gasteiger partial charge in [-0.15, -0.1) is 0 Å². The molecule has 2 aliphatic rings. The van der Waals surface area contributed by atoms with Gasteiger partial charge in [0, 0.05) is 19.8 Å². The van der Waals surface area contributed by atoms with E-state index in [0.29, 0.717) is 6.10 Å². The number of ether oxygens (including phenoxy) is 2. The Morgan fingerprint density at radius 1 is 1.06 bits per heavy atom. The average molecular weight is 227 g/mol. The van der Waals surface area contributed by atoms with Gasteiger partial charge in [-0.3, -0.25) is 0 Å². The number of hydrogen-bond acceptors (Lipinski definition) is 3. The lowest BCUT2D eigenvalue weighted by Gasteiger charge is -2.10. The maximum absolute atomic E-state index is 5.60. The van der Waals surface area contributed by atoms with Crippen LogP contribution in [0.4, 0.5) is 0 Å². The molecule has 0 radical (unpaired) electrons. The molecule has 0 aromatic rings. The molecular formula is C13H25NO2. The molecule has 2 aliphatic heterocycles. The first-order valence-electron chi connectivity index (χ1n) is 6.85. The summed E-state index contributed by atoms with van der Waals surface area (Å²) in [4.78, 5) is 0. The number of rotatable bonds is 7. The van der Waals surface area contributed by atoms with Crippen LogP contribution in [0, 0.1) is 5.92 Å². The highest BCUT2D eigenvalue weighted by Crippen LogP contribution is 2.17. The van der Waals surface area contributed by atoms with Crippen molar-refractivity contribution < 1.29 is 9.47 Å². The van der Waals surface area contributed by atoms with E-state index in [1.807, 2.05) is 0 Å². The van der Waals surface area contributed by atoms with Gasteiger partial charge in [0.15, 0.2) is 0 Å². The maximum atomic E-state index is 5.60. The summed E-state index contributed by atoms with van der Waals surface area (Å²) in [5.41, 5.74) is 0. The van der Waals surface area contributed by atoms with Gasteiger partial charge in [0.2, 0.25) is 0 Å². The first kappa shape index (κ1) is 12.3.